The summed E-state index contributed by atoms with van der Waals surface area (Å²) in [5.74, 6) is 0.225. The molecule has 2 N–H and O–H groups in total. The van der Waals surface area contributed by atoms with Crippen molar-refractivity contribution in [2.75, 3.05) is 25.9 Å². The Balaban J connectivity index is 1.54. The van der Waals surface area contributed by atoms with Crippen LogP contribution in [0.25, 0.3) is 10.9 Å². The van der Waals surface area contributed by atoms with Gasteiger partial charge < -0.3 is 15.4 Å². The lowest BCUT2D eigenvalue weighted by atomic mass is 9.92. The minimum Gasteiger partial charge on any atom is -0.397 e. The third-order valence-corrected chi connectivity index (χ3v) is 5.39. The van der Waals surface area contributed by atoms with Gasteiger partial charge in [-0.3, -0.25) is 9.78 Å². The Labute approximate surface area is 165 Å². The third kappa shape index (κ3) is 3.71. The van der Waals surface area contributed by atoms with Crippen LogP contribution in [-0.4, -0.2) is 36.0 Å². The van der Waals surface area contributed by atoms with Gasteiger partial charge in [-0.25, -0.2) is 0 Å². The molecule has 0 spiro atoms. The molecule has 1 fully saturated rings. The zero-order valence-electron chi connectivity index (χ0n) is 16.1. The van der Waals surface area contributed by atoms with Gasteiger partial charge in [0.2, 0.25) is 0 Å². The van der Waals surface area contributed by atoms with Crippen molar-refractivity contribution < 1.29 is 9.53 Å². The van der Waals surface area contributed by atoms with Gasteiger partial charge in [0.15, 0.2) is 0 Å². The van der Waals surface area contributed by atoms with Gasteiger partial charge in [-0.1, -0.05) is 30.3 Å². The van der Waals surface area contributed by atoms with Crippen molar-refractivity contribution in [1.82, 2.24) is 9.88 Å². The van der Waals surface area contributed by atoms with Gasteiger partial charge in [0.1, 0.15) is 0 Å². The number of carbonyl (C=O) groups is 1. The first-order chi connectivity index (χ1) is 13.7. The van der Waals surface area contributed by atoms with Gasteiger partial charge in [0.05, 0.1) is 23.5 Å². The number of benzene rings is 2. The van der Waals surface area contributed by atoms with Crippen molar-refractivity contribution in [3.63, 3.8) is 0 Å². The summed E-state index contributed by atoms with van der Waals surface area (Å²) in [4.78, 5) is 19.7. The summed E-state index contributed by atoms with van der Waals surface area (Å²) in [6.45, 7) is 1.96. The summed E-state index contributed by atoms with van der Waals surface area (Å²) in [6, 6.07) is 17.6. The van der Waals surface area contributed by atoms with E-state index < -0.39 is 0 Å². The number of hydrogen-bond donors (Lipinski definition) is 1. The van der Waals surface area contributed by atoms with Crippen molar-refractivity contribution in [3.8, 4) is 0 Å². The highest BCUT2D eigenvalue weighted by Gasteiger charge is 2.27. The lowest BCUT2D eigenvalue weighted by Crippen LogP contribution is -2.39. The molecule has 0 unspecified atom stereocenters. The molecular weight excluding hydrogens is 350 g/mol. The Morgan fingerprint density at radius 2 is 2.00 bits per heavy atom. The zero-order chi connectivity index (χ0) is 19.5. The van der Waals surface area contributed by atoms with Crippen LogP contribution in [0, 0.1) is 0 Å². The topological polar surface area (TPSA) is 68.5 Å². The number of aromatic nitrogens is 1. The van der Waals surface area contributed by atoms with Crippen LogP contribution in [0.1, 0.15) is 40.4 Å². The molecule has 0 radical (unpaired) electrons. The highest BCUT2D eigenvalue weighted by atomic mass is 16.5. The molecule has 1 aromatic heterocycles. The van der Waals surface area contributed by atoms with E-state index in [-0.39, 0.29) is 11.8 Å². The fraction of sp³-hybridized carbons (Fsp3) is 0.304. The van der Waals surface area contributed by atoms with E-state index in [0.717, 1.165) is 41.5 Å². The summed E-state index contributed by atoms with van der Waals surface area (Å²) in [7, 11) is 1.67. The molecule has 1 atom stereocenters. The number of para-hydroxylation sites is 1. The van der Waals surface area contributed by atoms with Crippen molar-refractivity contribution in [2.24, 2.45) is 0 Å². The number of likely N-dealkylation sites (tertiary alicyclic amines) is 1. The maximum atomic E-state index is 13.0. The first-order valence-electron chi connectivity index (χ1n) is 9.68. The fourth-order valence-electron chi connectivity index (χ4n) is 3.95. The third-order valence-electron chi connectivity index (χ3n) is 5.39. The first-order valence-corrected chi connectivity index (χ1v) is 9.68. The van der Waals surface area contributed by atoms with Gasteiger partial charge in [-0.05, 0) is 42.7 Å². The fourth-order valence-corrected chi connectivity index (χ4v) is 3.95. The zero-order valence-corrected chi connectivity index (χ0v) is 16.1. The predicted octanol–water partition coefficient (Wildman–Crippen LogP) is 3.98. The molecule has 1 aliphatic heterocycles. The number of carbonyl (C=O) groups excluding carboxylic acids is 1. The Bertz CT molecular complexity index is 985. The number of piperidine rings is 1. The number of fused-ring (bicyclic) bond motifs is 1. The number of nitrogens with zero attached hydrogens (tertiary/aromatic N) is 2. The van der Waals surface area contributed by atoms with Crippen LogP contribution in [0.2, 0.25) is 0 Å². The van der Waals surface area contributed by atoms with Crippen LogP contribution in [0.4, 0.5) is 5.69 Å². The van der Waals surface area contributed by atoms with Crippen LogP contribution in [0.5, 0.6) is 0 Å². The predicted molar refractivity (Wildman–Crippen MR) is 111 cm³/mol. The van der Waals surface area contributed by atoms with E-state index in [0.29, 0.717) is 24.4 Å². The average molecular weight is 375 g/mol. The second-order valence-electron chi connectivity index (χ2n) is 7.38. The van der Waals surface area contributed by atoms with Crippen LogP contribution in [0.3, 0.4) is 0 Å². The molecule has 1 aliphatic rings. The number of hydrogen-bond acceptors (Lipinski definition) is 4. The minimum absolute atomic E-state index is 0.0630. The SMILES string of the molecule is COCc1ccc(C(=O)N2CCC[C@H](c3nc4ccccc4cc3N)C2)cc1. The van der Waals surface area contributed by atoms with Gasteiger partial charge in [-0.15, -0.1) is 0 Å². The van der Waals surface area contributed by atoms with E-state index >= 15 is 0 Å². The second-order valence-corrected chi connectivity index (χ2v) is 7.38. The van der Waals surface area contributed by atoms with E-state index in [1.807, 2.05) is 59.5 Å². The number of amides is 1. The Morgan fingerprint density at radius 1 is 1.21 bits per heavy atom. The average Bonchev–Trinajstić information content (AvgIpc) is 2.73. The number of nitrogens with two attached hydrogens (primary N) is 1. The van der Waals surface area contributed by atoms with Crippen LogP contribution >= 0.6 is 0 Å². The second kappa shape index (κ2) is 7.98. The monoisotopic (exact) mass is 375 g/mol. The van der Waals surface area contributed by atoms with E-state index in [2.05, 4.69) is 0 Å². The normalized spacial score (nSPS) is 17.0. The standard InChI is InChI=1S/C23H25N3O2/c1-28-15-16-8-10-17(11-9-16)23(27)26-12-4-6-19(14-26)22-20(24)13-18-5-2-3-7-21(18)25-22/h2-3,5,7-11,13,19H,4,6,12,14-15,24H2,1H3/t19-/m0/s1. The Hall–Kier alpha value is -2.92. The van der Waals surface area contributed by atoms with Crippen LogP contribution in [0.15, 0.2) is 54.6 Å². The largest absolute Gasteiger partial charge is 0.397 e. The van der Waals surface area contributed by atoms with E-state index in [1.54, 1.807) is 7.11 Å². The molecule has 2 heterocycles. The number of rotatable bonds is 4. The molecule has 4 rings (SSSR count). The Kier molecular flexibility index (Phi) is 5.26. The van der Waals surface area contributed by atoms with Crippen molar-refractivity contribution in [1.29, 1.82) is 0 Å². The van der Waals surface area contributed by atoms with Crippen molar-refractivity contribution in [2.45, 2.75) is 25.4 Å². The molecule has 144 valence electrons. The summed E-state index contributed by atoms with van der Waals surface area (Å²) < 4.78 is 5.14. The van der Waals surface area contributed by atoms with E-state index in [1.165, 1.54) is 0 Å². The number of anilines is 1. The van der Waals surface area contributed by atoms with Gasteiger partial charge >= 0.3 is 0 Å². The van der Waals surface area contributed by atoms with E-state index in [4.69, 9.17) is 15.5 Å². The number of nitrogen functional groups attached to an aromatic ring is 1. The molecule has 5 heteroatoms. The number of methoxy groups -OCH3 is 1. The maximum absolute atomic E-state index is 13.0. The highest BCUT2D eigenvalue weighted by Crippen LogP contribution is 2.31. The van der Waals surface area contributed by atoms with Gasteiger partial charge in [0.25, 0.3) is 5.91 Å². The summed E-state index contributed by atoms with van der Waals surface area (Å²) in [5.41, 5.74) is 10.7. The molecule has 28 heavy (non-hydrogen) atoms. The van der Waals surface area contributed by atoms with Crippen LogP contribution in [-0.2, 0) is 11.3 Å². The van der Waals surface area contributed by atoms with Crippen LogP contribution < -0.4 is 5.73 Å². The van der Waals surface area contributed by atoms with Gasteiger partial charge in [-0.2, -0.15) is 0 Å². The van der Waals surface area contributed by atoms with Crippen molar-refractivity contribution in [3.05, 3.63) is 71.4 Å². The molecule has 0 saturated carbocycles. The molecule has 2 aromatic carbocycles. The molecular formula is C23H25N3O2. The summed E-state index contributed by atoms with van der Waals surface area (Å²) >= 11 is 0. The molecule has 0 aliphatic carbocycles. The lowest BCUT2D eigenvalue weighted by molar-refractivity contribution is 0.0706. The summed E-state index contributed by atoms with van der Waals surface area (Å²) in [6.07, 6.45) is 1.94. The minimum atomic E-state index is 0.0630. The van der Waals surface area contributed by atoms with Crippen molar-refractivity contribution >= 4 is 22.5 Å². The first kappa shape index (κ1) is 18.4. The molecule has 0 bridgehead atoms. The number of pyridine rings is 1. The molecule has 1 amide bonds. The maximum Gasteiger partial charge on any atom is 0.253 e. The lowest BCUT2D eigenvalue weighted by Gasteiger charge is -2.33. The van der Waals surface area contributed by atoms with E-state index in [9.17, 15) is 4.79 Å². The molecule has 5 nitrogen and oxygen atoms in total. The summed E-state index contributed by atoms with van der Waals surface area (Å²) in [5, 5.41) is 1.05. The highest BCUT2D eigenvalue weighted by molar-refractivity contribution is 5.94. The molecule has 3 aromatic rings. The Morgan fingerprint density at radius 3 is 2.79 bits per heavy atom. The smallest absolute Gasteiger partial charge is 0.253 e. The quantitative estimate of drug-likeness (QED) is 0.749. The van der Waals surface area contributed by atoms with Gasteiger partial charge in [0, 0.05) is 37.1 Å². The number of ether oxygens (including phenoxy) is 1. The molecule has 1 saturated heterocycles.